The number of hydrogen-bond acceptors (Lipinski definition) is 4. The molecule has 4 rings (SSSR count). The van der Waals surface area contributed by atoms with Crippen LogP contribution in [0.25, 0.3) is 0 Å². The lowest BCUT2D eigenvalue weighted by atomic mass is 9.92. The van der Waals surface area contributed by atoms with E-state index < -0.39 is 0 Å². The van der Waals surface area contributed by atoms with Crippen molar-refractivity contribution in [3.63, 3.8) is 0 Å². The van der Waals surface area contributed by atoms with Gasteiger partial charge in [-0.1, -0.05) is 43.5 Å². The molecule has 2 fully saturated rings. The number of rotatable bonds is 8. The highest BCUT2D eigenvalue weighted by molar-refractivity contribution is 5.94. The van der Waals surface area contributed by atoms with E-state index in [1.165, 1.54) is 48.9 Å². The first-order valence-electron chi connectivity index (χ1n) is 13.3. The van der Waals surface area contributed by atoms with Crippen molar-refractivity contribution in [1.82, 2.24) is 15.1 Å². The van der Waals surface area contributed by atoms with Crippen LogP contribution in [-0.2, 0) is 0 Å². The van der Waals surface area contributed by atoms with Crippen molar-refractivity contribution < 1.29 is 4.79 Å². The van der Waals surface area contributed by atoms with Gasteiger partial charge in [-0.05, 0) is 62.1 Å². The fourth-order valence-corrected chi connectivity index (χ4v) is 5.65. The molecule has 1 amide bonds. The van der Waals surface area contributed by atoms with E-state index in [9.17, 15) is 4.79 Å². The van der Waals surface area contributed by atoms with Crippen molar-refractivity contribution in [2.75, 3.05) is 51.2 Å². The maximum atomic E-state index is 12.8. The summed E-state index contributed by atoms with van der Waals surface area (Å²) in [7, 11) is 2.27. The first-order valence-corrected chi connectivity index (χ1v) is 13.3. The van der Waals surface area contributed by atoms with Gasteiger partial charge in [0.1, 0.15) is 0 Å². The third kappa shape index (κ3) is 5.64. The third-order valence-electron chi connectivity index (χ3n) is 7.76. The van der Waals surface area contributed by atoms with Gasteiger partial charge in [0.2, 0.25) is 0 Å². The van der Waals surface area contributed by atoms with E-state index in [2.05, 4.69) is 58.6 Å². The topological polar surface area (TPSA) is 38.8 Å². The van der Waals surface area contributed by atoms with E-state index >= 15 is 0 Å². The molecular weight excluding hydrogens is 420 g/mol. The molecule has 0 bridgehead atoms. The smallest absolute Gasteiger partial charge is 0.253 e. The van der Waals surface area contributed by atoms with Gasteiger partial charge in [0.25, 0.3) is 5.91 Å². The fourth-order valence-electron chi connectivity index (χ4n) is 5.65. The number of nitrogens with one attached hydrogen (secondary N) is 1. The van der Waals surface area contributed by atoms with Crippen LogP contribution in [0.15, 0.2) is 48.5 Å². The van der Waals surface area contributed by atoms with Crippen LogP contribution in [-0.4, -0.2) is 68.1 Å². The molecule has 1 atom stereocenters. The minimum Gasteiger partial charge on any atom is -0.372 e. The zero-order chi connectivity index (χ0) is 23.9. The summed E-state index contributed by atoms with van der Waals surface area (Å²) < 4.78 is 0. The number of carbonyl (C=O) groups is 1. The highest BCUT2D eigenvalue weighted by Gasteiger charge is 2.26. The first kappa shape index (κ1) is 24.7. The second-order valence-corrected chi connectivity index (χ2v) is 9.79. The Balaban J connectivity index is 1.62. The van der Waals surface area contributed by atoms with Gasteiger partial charge >= 0.3 is 0 Å². The molecule has 1 N–H and O–H groups in total. The molecule has 184 valence electrons. The number of carbonyl (C=O) groups excluding carboxylic acids is 1. The largest absolute Gasteiger partial charge is 0.372 e. The van der Waals surface area contributed by atoms with Gasteiger partial charge in [-0.2, -0.15) is 0 Å². The fraction of sp³-hybridized carbons (Fsp3) is 0.552. The minimum atomic E-state index is 0.117. The van der Waals surface area contributed by atoms with Crippen LogP contribution in [0.4, 0.5) is 5.69 Å². The predicted molar refractivity (Wildman–Crippen MR) is 142 cm³/mol. The van der Waals surface area contributed by atoms with Crippen molar-refractivity contribution >= 4 is 11.6 Å². The summed E-state index contributed by atoms with van der Waals surface area (Å²) in [5.41, 5.74) is 4.69. The Morgan fingerprint density at radius 3 is 2.29 bits per heavy atom. The van der Waals surface area contributed by atoms with Crippen LogP contribution in [0, 0.1) is 0 Å². The van der Waals surface area contributed by atoms with Crippen LogP contribution in [0.3, 0.4) is 0 Å². The molecule has 2 aromatic carbocycles. The van der Waals surface area contributed by atoms with Crippen LogP contribution in [0.2, 0.25) is 0 Å². The molecule has 2 aliphatic rings. The van der Waals surface area contributed by atoms with E-state index in [0.717, 1.165) is 44.8 Å². The number of anilines is 1. The van der Waals surface area contributed by atoms with Crippen LogP contribution in [0.5, 0.6) is 0 Å². The summed E-state index contributed by atoms with van der Waals surface area (Å²) in [6.45, 7) is 9.61. The SMILES string of the molecule is CCN(CC)C(=O)c1ccc([C@@H](c2cccc(N(C)C3CCCCC3)c2)N2CCNCC2)cc1. The quantitative estimate of drug-likeness (QED) is 0.604. The molecule has 1 aliphatic heterocycles. The molecule has 1 aliphatic carbocycles. The summed E-state index contributed by atoms with van der Waals surface area (Å²) in [5.74, 6) is 0.117. The van der Waals surface area contributed by atoms with Gasteiger partial charge in [-0.3, -0.25) is 9.69 Å². The number of nitrogens with zero attached hydrogens (tertiary/aromatic N) is 3. The maximum Gasteiger partial charge on any atom is 0.253 e. The molecule has 5 heteroatoms. The lowest BCUT2D eigenvalue weighted by Crippen LogP contribution is -2.45. The van der Waals surface area contributed by atoms with E-state index in [1.807, 2.05) is 30.9 Å². The van der Waals surface area contributed by atoms with Crippen LogP contribution < -0.4 is 10.2 Å². The zero-order valence-electron chi connectivity index (χ0n) is 21.3. The number of hydrogen-bond donors (Lipinski definition) is 1. The van der Waals surface area contributed by atoms with Crippen molar-refractivity contribution in [2.45, 2.75) is 58.0 Å². The van der Waals surface area contributed by atoms with E-state index in [-0.39, 0.29) is 11.9 Å². The van der Waals surface area contributed by atoms with Gasteiger partial charge in [-0.25, -0.2) is 0 Å². The van der Waals surface area contributed by atoms with Crippen molar-refractivity contribution in [3.8, 4) is 0 Å². The standard InChI is InChI=1S/C29H42N4O/c1-4-32(5-2)29(34)24-16-14-23(15-17-24)28(33-20-18-30-19-21-33)25-10-9-13-27(22-25)31(3)26-11-7-6-8-12-26/h9-10,13-17,22,26,28,30H,4-8,11-12,18-21H2,1-3H3/t28-/m0/s1. The number of piperazine rings is 1. The Labute approximate surface area is 206 Å². The molecule has 0 aromatic heterocycles. The average Bonchev–Trinajstić information content (AvgIpc) is 2.91. The molecule has 0 unspecified atom stereocenters. The number of amides is 1. The Hall–Kier alpha value is -2.37. The Morgan fingerprint density at radius 1 is 0.971 bits per heavy atom. The lowest BCUT2D eigenvalue weighted by molar-refractivity contribution is 0.0773. The second-order valence-electron chi connectivity index (χ2n) is 9.79. The molecule has 34 heavy (non-hydrogen) atoms. The monoisotopic (exact) mass is 462 g/mol. The Morgan fingerprint density at radius 2 is 1.65 bits per heavy atom. The van der Waals surface area contributed by atoms with Crippen LogP contribution >= 0.6 is 0 Å². The van der Waals surface area contributed by atoms with E-state index in [4.69, 9.17) is 0 Å². The summed E-state index contributed by atoms with van der Waals surface area (Å²) in [4.78, 5) is 19.8. The van der Waals surface area contributed by atoms with Gasteiger partial charge in [0.15, 0.2) is 0 Å². The van der Waals surface area contributed by atoms with Gasteiger partial charge in [-0.15, -0.1) is 0 Å². The van der Waals surface area contributed by atoms with Gasteiger partial charge in [0, 0.05) is 63.6 Å². The summed E-state index contributed by atoms with van der Waals surface area (Å²) in [6.07, 6.45) is 6.66. The molecule has 1 heterocycles. The van der Waals surface area contributed by atoms with Crippen molar-refractivity contribution in [1.29, 1.82) is 0 Å². The van der Waals surface area contributed by atoms with Gasteiger partial charge in [0.05, 0.1) is 6.04 Å². The van der Waals surface area contributed by atoms with E-state index in [0.29, 0.717) is 6.04 Å². The van der Waals surface area contributed by atoms with Crippen LogP contribution in [0.1, 0.15) is 73.5 Å². The highest BCUT2D eigenvalue weighted by Crippen LogP contribution is 2.33. The lowest BCUT2D eigenvalue weighted by Gasteiger charge is -2.37. The maximum absolute atomic E-state index is 12.8. The summed E-state index contributed by atoms with van der Waals surface area (Å²) in [5, 5.41) is 3.49. The predicted octanol–water partition coefficient (Wildman–Crippen LogP) is 4.93. The molecular formula is C29H42N4O. The Kier molecular flexibility index (Phi) is 8.63. The Bertz CT molecular complexity index is 912. The summed E-state index contributed by atoms with van der Waals surface area (Å²) in [6, 6.07) is 18.4. The molecule has 1 saturated carbocycles. The van der Waals surface area contributed by atoms with Gasteiger partial charge < -0.3 is 15.1 Å². The third-order valence-corrected chi connectivity index (χ3v) is 7.76. The number of benzene rings is 2. The van der Waals surface area contributed by atoms with E-state index in [1.54, 1.807) is 0 Å². The molecule has 2 aromatic rings. The van der Waals surface area contributed by atoms with Crippen molar-refractivity contribution in [3.05, 3.63) is 65.2 Å². The zero-order valence-corrected chi connectivity index (χ0v) is 21.3. The average molecular weight is 463 g/mol. The molecule has 0 spiro atoms. The highest BCUT2D eigenvalue weighted by atomic mass is 16.2. The van der Waals surface area contributed by atoms with Crippen molar-refractivity contribution in [2.24, 2.45) is 0 Å². The minimum absolute atomic E-state index is 0.117. The molecule has 1 saturated heterocycles. The molecule has 0 radical (unpaired) electrons. The second kappa shape index (κ2) is 11.9. The molecule has 5 nitrogen and oxygen atoms in total. The summed E-state index contributed by atoms with van der Waals surface area (Å²) >= 11 is 0. The first-order chi connectivity index (χ1) is 16.6. The normalized spacial score (nSPS) is 18.4.